The Balaban J connectivity index is 1.18. The normalized spacial score (nSPS) is 13.2. The zero-order chi connectivity index (χ0) is 36.3. The topological polar surface area (TPSA) is 4.93 Å². The van der Waals surface area contributed by atoms with E-state index in [9.17, 15) is 0 Å². The van der Waals surface area contributed by atoms with Gasteiger partial charge in [0, 0.05) is 16.5 Å². The molecule has 1 nitrogen and oxygen atoms in total. The maximum atomic E-state index is 2.47. The van der Waals surface area contributed by atoms with Crippen molar-refractivity contribution in [3.05, 3.63) is 211 Å². The highest BCUT2D eigenvalue weighted by Crippen LogP contribution is 2.47. The first-order valence-electron chi connectivity index (χ1n) is 19.3. The van der Waals surface area contributed by atoms with Gasteiger partial charge in [0.25, 0.3) is 0 Å². The number of nitrogens with zero attached hydrogens (tertiary/aromatic N) is 1. The molecular formula is C54H37N. The van der Waals surface area contributed by atoms with Crippen molar-refractivity contribution < 1.29 is 0 Å². The third kappa shape index (κ3) is 5.16. The van der Waals surface area contributed by atoms with Gasteiger partial charge in [0.15, 0.2) is 0 Å². The molecule has 0 bridgehead atoms. The van der Waals surface area contributed by atoms with Crippen molar-refractivity contribution >= 4 is 65.3 Å². The molecule has 0 unspecified atom stereocenters. The average molecular weight is 700 g/mol. The number of hydrogen-bond acceptors (Lipinski definition) is 0. The first-order valence-corrected chi connectivity index (χ1v) is 19.3. The zero-order valence-electron chi connectivity index (χ0n) is 30.4. The van der Waals surface area contributed by atoms with Crippen LogP contribution in [-0.4, -0.2) is 4.57 Å². The van der Waals surface area contributed by atoms with Crippen LogP contribution in [0.2, 0.25) is 0 Å². The number of para-hydroxylation sites is 2. The Labute approximate surface area is 320 Å². The lowest BCUT2D eigenvalue weighted by molar-refractivity contribution is 1.08. The van der Waals surface area contributed by atoms with E-state index in [0.29, 0.717) is 0 Å². The fourth-order valence-corrected chi connectivity index (χ4v) is 9.18. The number of rotatable bonds is 5. The predicted octanol–water partition coefficient (Wildman–Crippen LogP) is 14.8. The summed E-state index contributed by atoms with van der Waals surface area (Å²) in [5, 5.41) is 10.3. The first kappa shape index (κ1) is 31.6. The maximum absolute atomic E-state index is 2.47. The van der Waals surface area contributed by atoms with Gasteiger partial charge in [0.05, 0.1) is 11.0 Å². The minimum absolute atomic E-state index is 0.989. The molecule has 11 rings (SSSR count). The van der Waals surface area contributed by atoms with Gasteiger partial charge in [0.1, 0.15) is 0 Å². The van der Waals surface area contributed by atoms with Crippen LogP contribution in [0.3, 0.4) is 0 Å². The van der Waals surface area contributed by atoms with E-state index in [0.717, 1.165) is 12.8 Å². The molecule has 0 amide bonds. The summed E-state index contributed by atoms with van der Waals surface area (Å²) in [4.78, 5) is 0. The lowest BCUT2D eigenvalue weighted by Crippen LogP contribution is -1.98. The summed E-state index contributed by atoms with van der Waals surface area (Å²) in [6, 6.07) is 69.2. The molecule has 0 radical (unpaired) electrons. The molecule has 0 spiro atoms. The zero-order valence-corrected chi connectivity index (χ0v) is 30.4. The second kappa shape index (κ2) is 12.9. The molecule has 9 aromatic carbocycles. The summed E-state index contributed by atoms with van der Waals surface area (Å²) >= 11 is 0. The Hall–Kier alpha value is -6.96. The van der Waals surface area contributed by atoms with Crippen LogP contribution in [0.1, 0.15) is 24.0 Å². The van der Waals surface area contributed by atoms with Gasteiger partial charge in [-0.1, -0.05) is 164 Å². The molecule has 0 N–H and O–H groups in total. The van der Waals surface area contributed by atoms with Gasteiger partial charge in [-0.25, -0.2) is 0 Å². The van der Waals surface area contributed by atoms with E-state index in [4.69, 9.17) is 0 Å². The SMILES string of the molecule is C1=C(c2ccccc2)CCC(c2c3ccccc3c(-c3cccc4ccccc34)c3ccc(-c4ccc5c(c4)c4ccccc4n5-c4ccccc4)cc23)=C1. The van der Waals surface area contributed by atoms with Gasteiger partial charge in [-0.2, -0.15) is 0 Å². The van der Waals surface area contributed by atoms with Crippen LogP contribution in [0.5, 0.6) is 0 Å². The summed E-state index contributed by atoms with van der Waals surface area (Å²) in [6.45, 7) is 0. The Morgan fingerprint density at radius 2 is 0.891 bits per heavy atom. The van der Waals surface area contributed by atoms with E-state index < -0.39 is 0 Å². The number of aromatic nitrogens is 1. The van der Waals surface area contributed by atoms with Crippen LogP contribution in [-0.2, 0) is 0 Å². The fourth-order valence-electron chi connectivity index (χ4n) is 9.18. The van der Waals surface area contributed by atoms with E-state index in [1.807, 2.05) is 0 Å². The Bertz CT molecular complexity index is 3170. The second-order valence-electron chi connectivity index (χ2n) is 14.8. The molecule has 0 atom stereocenters. The smallest absolute Gasteiger partial charge is 0.0541 e. The molecule has 0 aliphatic heterocycles. The molecule has 1 heteroatoms. The largest absolute Gasteiger partial charge is 0.309 e. The molecule has 55 heavy (non-hydrogen) atoms. The summed E-state index contributed by atoms with van der Waals surface area (Å²) in [7, 11) is 0. The maximum Gasteiger partial charge on any atom is 0.0541 e. The summed E-state index contributed by atoms with van der Waals surface area (Å²) < 4.78 is 2.39. The Morgan fingerprint density at radius 1 is 0.327 bits per heavy atom. The number of benzene rings is 9. The average Bonchev–Trinajstić information content (AvgIpc) is 3.59. The third-order valence-electron chi connectivity index (χ3n) is 11.7. The van der Waals surface area contributed by atoms with Crippen molar-refractivity contribution in [2.24, 2.45) is 0 Å². The van der Waals surface area contributed by atoms with Gasteiger partial charge in [-0.3, -0.25) is 0 Å². The van der Waals surface area contributed by atoms with Crippen LogP contribution in [0.25, 0.3) is 93.2 Å². The van der Waals surface area contributed by atoms with Crippen molar-refractivity contribution in [3.63, 3.8) is 0 Å². The fraction of sp³-hybridized carbons (Fsp3) is 0.0370. The lowest BCUT2D eigenvalue weighted by Gasteiger charge is -2.22. The Morgan fingerprint density at radius 3 is 1.67 bits per heavy atom. The van der Waals surface area contributed by atoms with Crippen molar-refractivity contribution in [2.45, 2.75) is 12.8 Å². The molecule has 0 fully saturated rings. The number of hydrogen-bond donors (Lipinski definition) is 0. The lowest BCUT2D eigenvalue weighted by atomic mass is 9.81. The summed E-state index contributed by atoms with van der Waals surface area (Å²) in [5.74, 6) is 0. The molecule has 0 saturated heterocycles. The molecule has 258 valence electrons. The third-order valence-corrected chi connectivity index (χ3v) is 11.7. The van der Waals surface area contributed by atoms with Gasteiger partial charge in [-0.05, 0) is 126 Å². The van der Waals surface area contributed by atoms with Crippen molar-refractivity contribution in [2.75, 3.05) is 0 Å². The minimum Gasteiger partial charge on any atom is -0.309 e. The van der Waals surface area contributed by atoms with Gasteiger partial charge >= 0.3 is 0 Å². The van der Waals surface area contributed by atoms with Gasteiger partial charge in [0.2, 0.25) is 0 Å². The summed E-state index contributed by atoms with van der Waals surface area (Å²) in [5.41, 5.74) is 14.1. The van der Waals surface area contributed by atoms with Crippen molar-refractivity contribution in [1.82, 2.24) is 4.57 Å². The second-order valence-corrected chi connectivity index (χ2v) is 14.8. The van der Waals surface area contributed by atoms with E-state index in [1.165, 1.54) is 104 Å². The molecule has 1 aliphatic rings. The first-order chi connectivity index (χ1) is 27.3. The van der Waals surface area contributed by atoms with Crippen LogP contribution < -0.4 is 0 Å². The van der Waals surface area contributed by atoms with E-state index in [2.05, 4.69) is 205 Å². The van der Waals surface area contributed by atoms with Crippen molar-refractivity contribution in [3.8, 4) is 27.9 Å². The van der Waals surface area contributed by atoms with Crippen LogP contribution >= 0.6 is 0 Å². The van der Waals surface area contributed by atoms with Crippen molar-refractivity contribution in [1.29, 1.82) is 0 Å². The van der Waals surface area contributed by atoms with E-state index in [1.54, 1.807) is 0 Å². The van der Waals surface area contributed by atoms with Crippen LogP contribution in [0, 0.1) is 0 Å². The Kier molecular flexibility index (Phi) is 7.38. The minimum atomic E-state index is 0.989. The summed E-state index contributed by atoms with van der Waals surface area (Å²) in [6.07, 6.45) is 6.75. The van der Waals surface area contributed by atoms with Crippen LogP contribution in [0.4, 0.5) is 0 Å². The standard InChI is InChI=1S/C54H37N/c1-3-14-36(15-4-1)37-26-28-39(29-27-37)53-46-22-9-10-23-47(46)54(45-24-13-17-38-16-7-8-20-43(38)45)48-32-30-40(35-50(48)53)41-31-33-52-49(34-41)44-21-11-12-25-51(44)55(52)42-18-5-2-6-19-42/h1-26,28,30-35H,27,29H2. The van der Waals surface area contributed by atoms with E-state index in [-0.39, 0.29) is 0 Å². The quantitative estimate of drug-likeness (QED) is 0.158. The molecular weight excluding hydrogens is 663 g/mol. The van der Waals surface area contributed by atoms with Gasteiger partial charge < -0.3 is 4.57 Å². The molecule has 1 aliphatic carbocycles. The highest BCUT2D eigenvalue weighted by atomic mass is 15.0. The highest BCUT2D eigenvalue weighted by molar-refractivity contribution is 6.22. The number of allylic oxidation sites excluding steroid dienone is 4. The predicted molar refractivity (Wildman–Crippen MR) is 236 cm³/mol. The molecule has 10 aromatic rings. The molecule has 1 aromatic heterocycles. The monoisotopic (exact) mass is 699 g/mol. The molecule has 0 saturated carbocycles. The number of fused-ring (bicyclic) bond motifs is 6. The van der Waals surface area contributed by atoms with Crippen LogP contribution in [0.15, 0.2) is 200 Å². The highest BCUT2D eigenvalue weighted by Gasteiger charge is 2.21. The van der Waals surface area contributed by atoms with E-state index >= 15 is 0 Å². The molecule has 1 heterocycles. The van der Waals surface area contributed by atoms with Gasteiger partial charge in [-0.15, -0.1) is 0 Å².